The van der Waals surface area contributed by atoms with Crippen LogP contribution >= 0.6 is 22.6 Å². The molecule has 0 saturated carbocycles. The van der Waals surface area contributed by atoms with E-state index in [0.717, 1.165) is 9.26 Å². The predicted molar refractivity (Wildman–Crippen MR) is 114 cm³/mol. The summed E-state index contributed by atoms with van der Waals surface area (Å²) in [4.78, 5) is 33.8. The van der Waals surface area contributed by atoms with Crippen LogP contribution in [0.1, 0.15) is 42.3 Å². The lowest BCUT2D eigenvalue weighted by molar-refractivity contribution is -0.182. The molecule has 1 amide bonds. The van der Waals surface area contributed by atoms with Gasteiger partial charge < -0.3 is 4.90 Å². The monoisotopic (exact) mass is 515 g/mol. The van der Waals surface area contributed by atoms with Gasteiger partial charge in [-0.05, 0) is 47.6 Å². The molecule has 0 N–H and O–H groups in total. The first-order valence-electron chi connectivity index (χ1n) is 9.60. The Morgan fingerprint density at radius 3 is 2.60 bits per heavy atom. The Hall–Kier alpha value is -2.83. The smallest absolute Gasteiger partial charge is 0.250 e. The van der Waals surface area contributed by atoms with Crippen molar-refractivity contribution in [3.8, 4) is 12.1 Å². The molecule has 0 bridgehead atoms. The predicted octanol–water partition coefficient (Wildman–Crippen LogP) is 2.34. The zero-order chi connectivity index (χ0) is 21.1. The Balaban J connectivity index is 1.41. The number of halogens is 1. The Labute approximate surface area is 187 Å². The van der Waals surface area contributed by atoms with Crippen molar-refractivity contribution in [2.24, 2.45) is 5.92 Å². The molecule has 1 unspecified atom stereocenters. The number of hydrogen-bond donors (Lipinski definition) is 0. The van der Waals surface area contributed by atoms with E-state index in [-0.39, 0.29) is 17.9 Å². The molecule has 0 radical (unpaired) electrons. The van der Waals surface area contributed by atoms with E-state index in [4.69, 9.17) is 10.1 Å². The maximum atomic E-state index is 13.1. The Morgan fingerprint density at radius 1 is 1.13 bits per heavy atom. The van der Waals surface area contributed by atoms with Crippen LogP contribution in [0.4, 0.5) is 5.95 Å². The van der Waals surface area contributed by atoms with Crippen molar-refractivity contribution < 1.29 is 9.63 Å². The minimum atomic E-state index is -0.235. The molecule has 0 spiro atoms. The van der Waals surface area contributed by atoms with Gasteiger partial charge in [0, 0.05) is 37.8 Å². The fourth-order valence-corrected chi connectivity index (χ4v) is 4.10. The highest BCUT2D eigenvalue weighted by Gasteiger charge is 2.37. The van der Waals surface area contributed by atoms with Crippen LogP contribution < -0.4 is 4.90 Å². The van der Waals surface area contributed by atoms with E-state index in [1.807, 2.05) is 27.5 Å². The number of carbonyl (C=O) groups is 1. The second-order valence-electron chi connectivity index (χ2n) is 7.12. The molecule has 0 aromatic carbocycles. The quantitative estimate of drug-likeness (QED) is 0.572. The van der Waals surface area contributed by atoms with E-state index in [1.54, 1.807) is 18.3 Å². The fraction of sp³-hybridized carbons (Fsp3) is 0.400. The maximum Gasteiger partial charge on any atom is 0.250 e. The van der Waals surface area contributed by atoms with Crippen LogP contribution in [0.2, 0.25) is 0 Å². The third-order valence-corrected chi connectivity index (χ3v) is 6.13. The number of nitriles is 2. The summed E-state index contributed by atoms with van der Waals surface area (Å²) in [6.07, 6.45) is 5.15. The van der Waals surface area contributed by atoms with Gasteiger partial charge >= 0.3 is 0 Å². The van der Waals surface area contributed by atoms with Crippen LogP contribution in [0, 0.1) is 32.2 Å². The van der Waals surface area contributed by atoms with Crippen LogP contribution in [-0.2, 0) is 9.63 Å². The number of piperidine rings is 1. The highest BCUT2D eigenvalue weighted by Crippen LogP contribution is 2.33. The van der Waals surface area contributed by atoms with Crippen molar-refractivity contribution in [3.63, 3.8) is 0 Å². The molecule has 9 nitrogen and oxygen atoms in total. The van der Waals surface area contributed by atoms with Gasteiger partial charge in [0.2, 0.25) is 11.9 Å². The number of hydrogen-bond acceptors (Lipinski definition) is 8. The van der Waals surface area contributed by atoms with Gasteiger partial charge in [-0.15, -0.1) is 0 Å². The average molecular weight is 515 g/mol. The highest BCUT2D eigenvalue weighted by molar-refractivity contribution is 14.1. The van der Waals surface area contributed by atoms with Gasteiger partial charge in [-0.2, -0.15) is 10.5 Å². The van der Waals surface area contributed by atoms with Crippen LogP contribution in [0.3, 0.4) is 0 Å². The lowest BCUT2D eigenvalue weighted by atomic mass is 9.95. The third-order valence-electron chi connectivity index (χ3n) is 5.34. The first-order chi connectivity index (χ1) is 14.6. The summed E-state index contributed by atoms with van der Waals surface area (Å²) in [6, 6.07) is 7.38. The lowest BCUT2D eigenvalue weighted by Gasteiger charge is -2.33. The van der Waals surface area contributed by atoms with Gasteiger partial charge in [0.25, 0.3) is 0 Å². The van der Waals surface area contributed by atoms with Crippen molar-refractivity contribution in [3.05, 3.63) is 45.0 Å². The topological polar surface area (TPSA) is 119 Å². The molecular weight excluding hydrogens is 497 g/mol. The molecule has 2 aliphatic rings. The molecule has 2 aliphatic heterocycles. The number of nitrogens with zero attached hydrogens (tertiary/aromatic N) is 7. The van der Waals surface area contributed by atoms with Crippen LogP contribution in [0.15, 0.2) is 24.5 Å². The van der Waals surface area contributed by atoms with Gasteiger partial charge in [-0.1, -0.05) is 0 Å². The molecule has 4 rings (SSSR count). The number of amides is 1. The second-order valence-corrected chi connectivity index (χ2v) is 8.29. The van der Waals surface area contributed by atoms with Crippen molar-refractivity contribution >= 4 is 34.4 Å². The summed E-state index contributed by atoms with van der Waals surface area (Å²) >= 11 is 2.04. The molecule has 152 valence electrons. The van der Waals surface area contributed by atoms with Gasteiger partial charge in [0.1, 0.15) is 18.2 Å². The summed E-state index contributed by atoms with van der Waals surface area (Å²) in [6.45, 7) is 1.73. The average Bonchev–Trinajstić information content (AvgIpc) is 3.29. The molecule has 10 heteroatoms. The molecule has 2 aromatic heterocycles. The Kier molecular flexibility index (Phi) is 6.06. The molecule has 0 aliphatic carbocycles. The number of aromatic nitrogens is 3. The number of anilines is 1. The SMILES string of the molecule is N#Cc1ccc(C2CCON2C(=O)C2CCN(c3ncc(I)c(C#N)n3)CC2)nc1. The van der Waals surface area contributed by atoms with E-state index in [9.17, 15) is 10.1 Å². The zero-order valence-electron chi connectivity index (χ0n) is 16.0. The normalized spacial score (nSPS) is 19.4. The standard InChI is InChI=1S/C20H18IN7O2/c21-15-12-25-20(26-17(15)10-23)27-6-3-14(4-7-27)19(29)28-18(5-8-30-28)16-2-1-13(9-22)11-24-16/h1-2,11-12,14,18H,3-8H2. The summed E-state index contributed by atoms with van der Waals surface area (Å²) < 4.78 is 0.720. The van der Waals surface area contributed by atoms with Gasteiger partial charge in [0.05, 0.1) is 21.4 Å². The minimum Gasteiger partial charge on any atom is -0.341 e. The van der Waals surface area contributed by atoms with Crippen molar-refractivity contribution in [1.82, 2.24) is 20.0 Å². The van der Waals surface area contributed by atoms with E-state index in [2.05, 4.69) is 27.1 Å². The minimum absolute atomic E-state index is 0.0375. The first kappa shape index (κ1) is 20.4. The van der Waals surface area contributed by atoms with Crippen molar-refractivity contribution in [1.29, 1.82) is 10.5 Å². The first-order valence-corrected chi connectivity index (χ1v) is 10.7. The largest absolute Gasteiger partial charge is 0.341 e. The van der Waals surface area contributed by atoms with Crippen LogP contribution in [0.25, 0.3) is 0 Å². The molecule has 2 fully saturated rings. The fourth-order valence-electron chi connectivity index (χ4n) is 3.72. The van der Waals surface area contributed by atoms with Gasteiger partial charge in [-0.25, -0.2) is 15.0 Å². The highest BCUT2D eigenvalue weighted by atomic mass is 127. The van der Waals surface area contributed by atoms with Crippen molar-refractivity contribution in [2.45, 2.75) is 25.3 Å². The molecule has 2 aromatic rings. The Bertz CT molecular complexity index is 1020. The summed E-state index contributed by atoms with van der Waals surface area (Å²) in [5.41, 5.74) is 1.58. The number of hydroxylamine groups is 2. The van der Waals surface area contributed by atoms with Gasteiger partial charge in [-0.3, -0.25) is 14.6 Å². The molecule has 4 heterocycles. The summed E-state index contributed by atoms with van der Waals surface area (Å²) in [5, 5.41) is 19.6. The number of pyridine rings is 1. The van der Waals surface area contributed by atoms with Gasteiger partial charge in [0.15, 0.2) is 5.69 Å². The summed E-state index contributed by atoms with van der Waals surface area (Å²) in [5.74, 6) is 0.332. The summed E-state index contributed by atoms with van der Waals surface area (Å²) in [7, 11) is 0. The Morgan fingerprint density at radius 2 is 1.93 bits per heavy atom. The molecule has 2 saturated heterocycles. The van der Waals surface area contributed by atoms with E-state index < -0.39 is 0 Å². The molecule has 1 atom stereocenters. The lowest BCUT2D eigenvalue weighted by Crippen LogP contribution is -2.42. The van der Waals surface area contributed by atoms with Crippen LogP contribution in [0.5, 0.6) is 0 Å². The maximum absolute atomic E-state index is 13.1. The second kappa shape index (κ2) is 8.90. The third kappa shape index (κ3) is 4.06. The van der Waals surface area contributed by atoms with E-state index >= 15 is 0 Å². The number of rotatable bonds is 3. The van der Waals surface area contributed by atoms with Crippen molar-refractivity contribution in [2.75, 3.05) is 24.6 Å². The number of carbonyl (C=O) groups excluding carboxylic acids is 1. The van der Waals surface area contributed by atoms with E-state index in [1.165, 1.54) is 11.3 Å². The molecular formula is C20H18IN7O2. The zero-order valence-corrected chi connectivity index (χ0v) is 18.2. The molecule has 30 heavy (non-hydrogen) atoms. The van der Waals surface area contributed by atoms with Crippen LogP contribution in [-0.4, -0.2) is 45.6 Å². The van der Waals surface area contributed by atoms with E-state index in [0.29, 0.717) is 56.2 Å².